The summed E-state index contributed by atoms with van der Waals surface area (Å²) in [5, 5.41) is 40.4. The molecule has 4 fully saturated rings. The van der Waals surface area contributed by atoms with Crippen LogP contribution in [0.1, 0.15) is 142 Å². The number of nitrogens with zero attached hydrogens (tertiary/aromatic N) is 5. The fraction of sp³-hybridized carbons (Fsp3) is 0.646. The third kappa shape index (κ3) is 22.9. The number of amides is 6. The number of urea groups is 1. The summed E-state index contributed by atoms with van der Waals surface area (Å²) >= 11 is 1.88. The zero-order chi connectivity index (χ0) is 78.1. The molecule has 13 N–H and O–H groups in total. The Balaban J connectivity index is 0.535. The maximum Gasteiger partial charge on any atom is 0.407 e. The third-order valence-corrected chi connectivity index (χ3v) is 24.0. The number of allylic oxidation sites excluding steroid dienone is 4. The molecule has 4 aliphatic heterocycles. The summed E-state index contributed by atoms with van der Waals surface area (Å²) < 4.78 is 54.4. The van der Waals surface area contributed by atoms with Crippen LogP contribution in [0.25, 0.3) is 22.6 Å². The van der Waals surface area contributed by atoms with Crippen molar-refractivity contribution in [1.29, 1.82) is 0 Å². The van der Waals surface area contributed by atoms with Crippen LogP contribution in [0, 0.1) is 22.7 Å². The molecular formula is C79H119N14O16S+. The lowest BCUT2D eigenvalue weighted by molar-refractivity contribution is -0.674. The molecule has 0 spiro atoms. The minimum Gasteiger partial charge on any atom is -0.447 e. The number of aliphatic hydroxyl groups excluding tert-OH is 2. The van der Waals surface area contributed by atoms with Crippen LogP contribution in [0.3, 0.4) is 0 Å². The van der Waals surface area contributed by atoms with Gasteiger partial charge < -0.3 is 101 Å². The van der Waals surface area contributed by atoms with Gasteiger partial charge in [-0.25, -0.2) is 19.1 Å². The summed E-state index contributed by atoms with van der Waals surface area (Å²) in [6, 6.07) is 15.3. The number of aliphatic hydroxyl groups is 2. The van der Waals surface area contributed by atoms with Gasteiger partial charge in [0.2, 0.25) is 29.7 Å². The number of carbonyl (C=O) groups is 5. The average Bonchev–Trinajstić information content (AvgIpc) is 1.07. The van der Waals surface area contributed by atoms with Gasteiger partial charge in [-0.1, -0.05) is 111 Å². The van der Waals surface area contributed by atoms with Crippen LogP contribution in [-0.2, 0) is 70.1 Å². The topological polar surface area (TPSA) is 383 Å². The molecule has 6 heterocycles. The number of nitrogens with one attached hydrogen (secondary N) is 7. The summed E-state index contributed by atoms with van der Waals surface area (Å²) in [5.41, 5.74) is 18.1. The fourth-order valence-corrected chi connectivity index (χ4v) is 17.4. The van der Waals surface area contributed by atoms with Crippen molar-refractivity contribution in [2.24, 2.45) is 28.5 Å². The first kappa shape index (κ1) is 84.9. The average molecular weight is 1550 g/mol. The largest absolute Gasteiger partial charge is 0.447 e. The Kier molecular flexibility index (Phi) is 32.3. The number of aromatic nitrogens is 4. The summed E-state index contributed by atoms with van der Waals surface area (Å²) in [5.74, 6) is 8.43. The number of para-hydroxylation sites is 1. The van der Waals surface area contributed by atoms with E-state index in [0.29, 0.717) is 150 Å². The highest BCUT2D eigenvalue weighted by Gasteiger charge is 2.52. The highest BCUT2D eigenvalue weighted by Crippen LogP contribution is 2.58. The second kappa shape index (κ2) is 41.8. The van der Waals surface area contributed by atoms with Crippen molar-refractivity contribution in [3.63, 3.8) is 0 Å². The van der Waals surface area contributed by atoms with Crippen molar-refractivity contribution in [2.75, 3.05) is 142 Å². The minimum absolute atomic E-state index is 0.00618. The van der Waals surface area contributed by atoms with E-state index < -0.39 is 30.6 Å². The summed E-state index contributed by atoms with van der Waals surface area (Å²) in [4.78, 5) is 74.4. The molecule has 606 valence electrons. The van der Waals surface area contributed by atoms with Gasteiger partial charge in [0.1, 0.15) is 31.2 Å². The predicted molar refractivity (Wildman–Crippen MR) is 417 cm³/mol. The van der Waals surface area contributed by atoms with Crippen LogP contribution in [0.4, 0.5) is 21.1 Å². The molecule has 4 aromatic rings. The minimum atomic E-state index is -1.37. The number of rotatable bonds is 45. The van der Waals surface area contributed by atoms with E-state index in [9.17, 15) is 34.2 Å². The predicted octanol–water partition coefficient (Wildman–Crippen LogP) is 5.84. The number of hydrogen-bond acceptors (Lipinski definition) is 23. The first-order chi connectivity index (χ1) is 53.2. The second-order valence-corrected chi connectivity index (χ2v) is 31.6. The van der Waals surface area contributed by atoms with Crippen molar-refractivity contribution < 1.29 is 81.4 Å². The number of unbranched alkanes of at least 4 members (excludes halogenated alkanes) is 1. The second-order valence-electron chi connectivity index (χ2n) is 30.4. The lowest BCUT2D eigenvalue weighted by atomic mass is 9.52. The number of hydrogen-bond donors (Lipinski definition) is 11. The number of alkyl carbamates (subject to hydrolysis) is 1. The fourth-order valence-electron chi connectivity index (χ4n) is 15.7. The number of benzene rings is 2. The standard InChI is InChI=1S/C79H118N14O16S/c1-53(23-28-78(5)54(2)21-22-58-59(78)17-13-27-77(58,3)4)25-33-91-51-87-73-68(72(91)80)86-52-93(73)74-70(98)69(97)61(109-74)49-108-76(100)85-32-37-104-41-45-106-44-40-103-36-31-84-66-56-15-8-7-14-55(56)48-92(60-18-10-9-16-57(60)67(66)90-81)65(96)24-29-82-64(95)26-34-101-38-42-105-46-47-107-43-39-102-35-30-83-63(94)20-12-11-19-62-71-79(6,50-110-62)89-75(99)88-71/h7-10,14-16,18,22,25,51-52,54,59,61-62,69-71,74,80,84,90,97-98H,11-13,17,19-21,23-24,26-50,81H2,1-6H3,(H5,82,83,85,88,89,94,95,99,100)/p+1/b53-25+,67-66-/t54-,59+,61+,62?,69+,70+,71+,74+,78+,79-/m0/s1. The number of nitrogen functional groups attached to an aromatic ring is 1. The lowest BCUT2D eigenvalue weighted by Gasteiger charge is -2.53. The molecular weight excluding hydrogens is 1430 g/mol. The molecule has 1 unspecified atom stereocenters. The van der Waals surface area contributed by atoms with E-state index in [1.54, 1.807) is 16.8 Å². The number of ether oxygens (including phenoxy) is 9. The van der Waals surface area contributed by atoms with Gasteiger partial charge in [-0.15, -0.1) is 0 Å². The zero-order valence-electron chi connectivity index (χ0n) is 65.0. The highest BCUT2D eigenvalue weighted by molar-refractivity contribution is 8.00. The molecule has 1 saturated carbocycles. The van der Waals surface area contributed by atoms with E-state index in [4.69, 9.17) is 54.2 Å². The zero-order valence-corrected chi connectivity index (χ0v) is 65.8. The molecule has 10 atom stereocenters. The normalized spacial score (nSPS) is 24.8. The van der Waals surface area contributed by atoms with E-state index in [2.05, 4.69) is 101 Å². The maximum atomic E-state index is 14.1. The van der Waals surface area contributed by atoms with Gasteiger partial charge in [0.25, 0.3) is 5.82 Å². The monoisotopic (exact) mass is 1550 g/mol. The molecule has 0 bridgehead atoms. The summed E-state index contributed by atoms with van der Waals surface area (Å²) in [6.07, 6.45) is 12.7. The smallest absolute Gasteiger partial charge is 0.407 e. The van der Waals surface area contributed by atoms with E-state index in [-0.39, 0.29) is 105 Å². The molecule has 6 aliphatic rings. The summed E-state index contributed by atoms with van der Waals surface area (Å²) in [6.45, 7) is 20.2. The maximum absolute atomic E-state index is 14.1. The Morgan fingerprint density at radius 1 is 0.764 bits per heavy atom. The molecule has 110 heavy (non-hydrogen) atoms. The van der Waals surface area contributed by atoms with E-state index in [1.807, 2.05) is 64.9 Å². The van der Waals surface area contributed by atoms with Crippen molar-refractivity contribution in [3.8, 4) is 0 Å². The van der Waals surface area contributed by atoms with E-state index in [0.717, 1.165) is 61.1 Å². The lowest BCUT2D eigenvalue weighted by Crippen LogP contribution is -2.47. The van der Waals surface area contributed by atoms with Crippen LogP contribution in [-0.4, -0.2) is 221 Å². The number of thioether (sulfide) groups is 1. The number of nitrogens with two attached hydrogens (primary N) is 2. The molecule has 2 aliphatic carbocycles. The van der Waals surface area contributed by atoms with E-state index >= 15 is 0 Å². The van der Waals surface area contributed by atoms with Crippen molar-refractivity contribution >= 4 is 75.7 Å². The van der Waals surface area contributed by atoms with Crippen LogP contribution in [0.5, 0.6) is 0 Å². The molecule has 10 rings (SSSR count). The molecule has 31 heteroatoms. The van der Waals surface area contributed by atoms with Gasteiger partial charge in [0.15, 0.2) is 11.7 Å². The Morgan fingerprint density at radius 2 is 1.41 bits per heavy atom. The highest BCUT2D eigenvalue weighted by atomic mass is 32.2. The van der Waals surface area contributed by atoms with Crippen LogP contribution >= 0.6 is 11.8 Å². The Labute approximate surface area is 650 Å². The van der Waals surface area contributed by atoms with Gasteiger partial charge in [0, 0.05) is 67.6 Å². The Morgan fingerprint density at radius 3 is 2.13 bits per heavy atom. The Bertz CT molecular complexity index is 3790. The summed E-state index contributed by atoms with van der Waals surface area (Å²) in [7, 11) is 0. The van der Waals surface area contributed by atoms with Gasteiger partial charge in [-0.3, -0.25) is 24.8 Å². The molecule has 6 amide bonds. The first-order valence-corrected chi connectivity index (χ1v) is 40.2. The Hall–Kier alpha value is -7.53. The van der Waals surface area contributed by atoms with Crippen LogP contribution < -0.4 is 58.4 Å². The van der Waals surface area contributed by atoms with Gasteiger partial charge in [0.05, 0.1) is 134 Å². The number of carbonyl (C=O) groups excluding carboxylic acids is 5. The van der Waals surface area contributed by atoms with Crippen LogP contribution in [0.2, 0.25) is 0 Å². The number of fused-ring (bicyclic) bond motifs is 5. The molecule has 0 radical (unpaired) electrons. The first-order valence-electron chi connectivity index (χ1n) is 39.2. The molecule has 3 saturated heterocycles. The van der Waals surface area contributed by atoms with Gasteiger partial charge in [-0.05, 0) is 93.1 Å². The quantitative estimate of drug-likeness (QED) is 0.00618. The molecule has 2 aromatic carbocycles. The third-order valence-electron chi connectivity index (χ3n) is 22.3. The number of hydrazine groups is 1. The number of anilines is 2. The van der Waals surface area contributed by atoms with Gasteiger partial charge in [-0.2, -0.15) is 11.8 Å². The van der Waals surface area contributed by atoms with Crippen molar-refractivity contribution in [2.45, 2.75) is 173 Å². The molecule has 2 aromatic heterocycles. The molecule has 30 nitrogen and oxygen atoms in total. The van der Waals surface area contributed by atoms with E-state index in [1.165, 1.54) is 35.7 Å². The number of imidazole rings is 1. The van der Waals surface area contributed by atoms with Crippen molar-refractivity contribution in [3.05, 3.63) is 101 Å². The van der Waals surface area contributed by atoms with Crippen LogP contribution in [0.15, 0.2) is 84.5 Å². The van der Waals surface area contributed by atoms with Crippen molar-refractivity contribution in [1.82, 2.24) is 51.9 Å². The SMILES string of the molecule is C/C(=C\C[n+]1cnc2c(ncn2[C@@H]2O[C@H](COC(=O)NCCOCCOCCOCCN/C3=C(\NN)c4ccccc4N(C(=O)CCNC(=O)CCOCCOCCOCCOCCNC(=O)CCCCC4SC[C@]5(C)NC(=O)N[C@H]45)Cc4ccccc43)[C@@H](O)[C@H]2O)c1N)CC[C@@]1(C)[C@@H]2CCCC(C)(C)C2=CC[C@@H]1C. The van der Waals surface area contributed by atoms with Gasteiger partial charge >= 0.3 is 12.1 Å².